The van der Waals surface area contributed by atoms with Crippen molar-refractivity contribution in [3.8, 4) is 5.69 Å². The van der Waals surface area contributed by atoms with E-state index in [4.69, 9.17) is 5.11 Å². The Bertz CT molecular complexity index is 612. The van der Waals surface area contributed by atoms with Crippen molar-refractivity contribution in [3.05, 3.63) is 51.8 Å². The summed E-state index contributed by atoms with van der Waals surface area (Å²) in [6.07, 6.45) is 1.20. The summed E-state index contributed by atoms with van der Waals surface area (Å²) in [5.74, 6) is -2.58. The summed E-state index contributed by atoms with van der Waals surface area (Å²) in [4.78, 5) is 9.93. The van der Waals surface area contributed by atoms with Crippen LogP contribution < -0.4 is 0 Å². The average molecular weight is 255 g/mol. The highest BCUT2D eigenvalue weighted by Gasteiger charge is 2.23. The van der Waals surface area contributed by atoms with Gasteiger partial charge in [-0.2, -0.15) is 5.10 Å². The van der Waals surface area contributed by atoms with Gasteiger partial charge in [0.05, 0.1) is 17.2 Å². The molecule has 1 N–H and O–H groups in total. The molecular weight excluding hydrogens is 248 g/mol. The van der Waals surface area contributed by atoms with Gasteiger partial charge < -0.3 is 5.11 Å². The molecule has 0 fully saturated rings. The van der Waals surface area contributed by atoms with Crippen LogP contribution in [0.1, 0.15) is 5.69 Å². The van der Waals surface area contributed by atoms with E-state index >= 15 is 0 Å². The van der Waals surface area contributed by atoms with Crippen LogP contribution in [0.25, 0.3) is 5.69 Å². The Morgan fingerprint density at radius 1 is 1.39 bits per heavy atom. The molecule has 1 aromatic carbocycles. The maximum absolute atomic E-state index is 13.6. The van der Waals surface area contributed by atoms with Crippen LogP contribution in [0.2, 0.25) is 0 Å². The molecule has 0 saturated heterocycles. The lowest BCUT2D eigenvalue weighted by atomic mass is 10.2. The summed E-state index contributed by atoms with van der Waals surface area (Å²) in [7, 11) is 0. The van der Waals surface area contributed by atoms with E-state index in [2.05, 4.69) is 5.10 Å². The van der Waals surface area contributed by atoms with Crippen molar-refractivity contribution in [2.45, 2.75) is 6.61 Å². The number of benzene rings is 1. The zero-order chi connectivity index (χ0) is 13.3. The number of aliphatic hydroxyl groups excluding tert-OH is 1. The first kappa shape index (κ1) is 12.1. The number of halogens is 2. The minimum Gasteiger partial charge on any atom is -0.390 e. The summed E-state index contributed by atoms with van der Waals surface area (Å²) >= 11 is 0. The van der Waals surface area contributed by atoms with Gasteiger partial charge in [0.15, 0.2) is 17.3 Å². The molecule has 1 heterocycles. The number of nitrogens with zero attached hydrogens (tertiary/aromatic N) is 3. The second-order valence-corrected chi connectivity index (χ2v) is 3.40. The minimum absolute atomic E-state index is 0.188. The van der Waals surface area contributed by atoms with Crippen molar-refractivity contribution in [2.24, 2.45) is 0 Å². The van der Waals surface area contributed by atoms with Crippen LogP contribution in [0.5, 0.6) is 0 Å². The molecule has 0 amide bonds. The number of aliphatic hydroxyl groups is 1. The summed E-state index contributed by atoms with van der Waals surface area (Å²) in [5.41, 5.74) is -1.02. The normalized spacial score (nSPS) is 10.6. The predicted octanol–water partition coefficient (Wildman–Crippen LogP) is 1.55. The molecule has 2 rings (SSSR count). The Kier molecular flexibility index (Phi) is 3.02. The fraction of sp³-hybridized carbons (Fsp3) is 0.100. The van der Waals surface area contributed by atoms with Gasteiger partial charge in [0.2, 0.25) is 0 Å². The highest BCUT2D eigenvalue weighted by Crippen LogP contribution is 2.27. The molecular formula is C10H7F2N3O3. The number of aromatic nitrogens is 2. The first-order chi connectivity index (χ1) is 8.54. The van der Waals surface area contributed by atoms with Crippen LogP contribution >= 0.6 is 0 Å². The Hall–Kier alpha value is -2.35. The third-order valence-corrected chi connectivity index (χ3v) is 2.28. The molecule has 0 aliphatic carbocycles. The molecule has 8 heteroatoms. The van der Waals surface area contributed by atoms with E-state index in [0.717, 1.165) is 10.7 Å². The van der Waals surface area contributed by atoms with E-state index in [9.17, 15) is 18.9 Å². The van der Waals surface area contributed by atoms with Crippen molar-refractivity contribution in [1.29, 1.82) is 0 Å². The lowest BCUT2D eigenvalue weighted by Crippen LogP contribution is -2.06. The number of nitro benzene ring substituents is 1. The lowest BCUT2D eigenvalue weighted by Gasteiger charge is -2.05. The van der Waals surface area contributed by atoms with Crippen molar-refractivity contribution >= 4 is 5.69 Å². The van der Waals surface area contributed by atoms with Gasteiger partial charge in [-0.25, -0.2) is 13.5 Å². The lowest BCUT2D eigenvalue weighted by molar-refractivity contribution is -0.384. The zero-order valence-electron chi connectivity index (χ0n) is 8.88. The fourth-order valence-corrected chi connectivity index (χ4v) is 1.47. The summed E-state index contributed by atoms with van der Waals surface area (Å²) in [6, 6.07) is 2.87. The molecule has 0 unspecified atom stereocenters. The van der Waals surface area contributed by atoms with Gasteiger partial charge in [-0.1, -0.05) is 0 Å². The summed E-state index contributed by atoms with van der Waals surface area (Å²) in [5, 5.41) is 23.3. The Labute approximate surface area is 99.2 Å². The zero-order valence-corrected chi connectivity index (χ0v) is 8.88. The maximum atomic E-state index is 13.6. The van der Waals surface area contributed by atoms with E-state index < -0.39 is 34.5 Å². The van der Waals surface area contributed by atoms with Crippen LogP contribution in [-0.4, -0.2) is 19.8 Å². The molecule has 0 bridgehead atoms. The van der Waals surface area contributed by atoms with E-state index in [1.807, 2.05) is 0 Å². The van der Waals surface area contributed by atoms with Crippen molar-refractivity contribution in [2.75, 3.05) is 0 Å². The van der Waals surface area contributed by atoms with Crippen LogP contribution in [0.4, 0.5) is 14.5 Å². The Morgan fingerprint density at radius 3 is 2.67 bits per heavy atom. The Balaban J connectivity index is 2.67. The summed E-state index contributed by atoms with van der Waals surface area (Å²) < 4.78 is 27.5. The quantitative estimate of drug-likeness (QED) is 0.666. The molecule has 18 heavy (non-hydrogen) atoms. The molecule has 0 spiro atoms. The maximum Gasteiger partial charge on any atom is 0.298 e. The van der Waals surface area contributed by atoms with Gasteiger partial charge in [-0.15, -0.1) is 0 Å². The molecule has 0 radical (unpaired) electrons. The van der Waals surface area contributed by atoms with E-state index in [1.165, 1.54) is 12.3 Å². The summed E-state index contributed by atoms with van der Waals surface area (Å²) in [6.45, 7) is -0.405. The molecule has 0 aliphatic heterocycles. The molecule has 6 nitrogen and oxygen atoms in total. The van der Waals surface area contributed by atoms with Gasteiger partial charge in [0.1, 0.15) is 0 Å². The number of nitro groups is 1. The SMILES string of the molecule is O=[N+]([O-])c1ccc(F)c(F)c1-n1ccc(CO)n1. The molecule has 0 atom stereocenters. The number of rotatable bonds is 3. The third-order valence-electron chi connectivity index (χ3n) is 2.28. The highest BCUT2D eigenvalue weighted by molar-refractivity contribution is 5.53. The second kappa shape index (κ2) is 4.49. The minimum atomic E-state index is -1.36. The molecule has 2 aromatic rings. The first-order valence-corrected chi connectivity index (χ1v) is 4.82. The average Bonchev–Trinajstić information content (AvgIpc) is 2.80. The standard InChI is InChI=1S/C10H7F2N3O3/c11-7-1-2-8(15(17)18)10(9(7)12)14-4-3-6(5-16)13-14/h1-4,16H,5H2. The molecule has 0 aliphatic rings. The van der Waals surface area contributed by atoms with Crippen LogP contribution in [0, 0.1) is 21.7 Å². The van der Waals surface area contributed by atoms with Crippen molar-refractivity contribution < 1.29 is 18.8 Å². The third kappa shape index (κ3) is 1.93. The molecule has 1 aromatic heterocycles. The smallest absolute Gasteiger partial charge is 0.298 e. The van der Waals surface area contributed by atoms with Crippen LogP contribution in [0.3, 0.4) is 0 Å². The highest BCUT2D eigenvalue weighted by atomic mass is 19.2. The van der Waals surface area contributed by atoms with Gasteiger partial charge in [0, 0.05) is 12.3 Å². The van der Waals surface area contributed by atoms with E-state index in [-0.39, 0.29) is 5.69 Å². The van der Waals surface area contributed by atoms with Gasteiger partial charge in [0.25, 0.3) is 5.69 Å². The van der Waals surface area contributed by atoms with Crippen molar-refractivity contribution in [1.82, 2.24) is 9.78 Å². The van der Waals surface area contributed by atoms with Crippen LogP contribution in [-0.2, 0) is 6.61 Å². The predicted molar refractivity (Wildman–Crippen MR) is 56.1 cm³/mol. The molecule has 94 valence electrons. The first-order valence-electron chi connectivity index (χ1n) is 4.82. The van der Waals surface area contributed by atoms with Gasteiger partial charge in [-0.3, -0.25) is 10.1 Å². The molecule has 0 saturated carbocycles. The monoisotopic (exact) mass is 255 g/mol. The van der Waals surface area contributed by atoms with Gasteiger partial charge in [-0.05, 0) is 12.1 Å². The topological polar surface area (TPSA) is 81.2 Å². The number of hydrogen-bond acceptors (Lipinski definition) is 4. The van der Waals surface area contributed by atoms with Crippen molar-refractivity contribution in [3.63, 3.8) is 0 Å². The fourth-order valence-electron chi connectivity index (χ4n) is 1.47. The number of hydrogen-bond donors (Lipinski definition) is 1. The van der Waals surface area contributed by atoms with E-state index in [0.29, 0.717) is 6.07 Å². The van der Waals surface area contributed by atoms with Gasteiger partial charge >= 0.3 is 0 Å². The largest absolute Gasteiger partial charge is 0.390 e. The van der Waals surface area contributed by atoms with E-state index in [1.54, 1.807) is 0 Å². The van der Waals surface area contributed by atoms with Crippen LogP contribution in [0.15, 0.2) is 24.4 Å². The second-order valence-electron chi connectivity index (χ2n) is 3.40. The Morgan fingerprint density at radius 2 is 2.11 bits per heavy atom.